The van der Waals surface area contributed by atoms with Gasteiger partial charge in [0.15, 0.2) is 5.82 Å². The minimum Gasteiger partial charge on any atom is -0.382 e. The lowest BCUT2D eigenvalue weighted by Crippen LogP contribution is -2.27. The molecule has 1 aromatic rings. The maximum Gasteiger partial charge on any atom is 0.257 e. The SMILES string of the molecule is CCC1(CNc2snc(N)c2C(=O)NC)CCCC1. The molecule has 0 radical (unpaired) electrons. The zero-order valence-electron chi connectivity index (χ0n) is 11.6. The number of rotatable bonds is 5. The summed E-state index contributed by atoms with van der Waals surface area (Å²) < 4.78 is 4.08. The fourth-order valence-corrected chi connectivity index (χ4v) is 3.52. The number of aromatic nitrogens is 1. The Morgan fingerprint density at radius 3 is 2.74 bits per heavy atom. The van der Waals surface area contributed by atoms with E-state index in [9.17, 15) is 4.79 Å². The quantitative estimate of drug-likeness (QED) is 0.775. The van der Waals surface area contributed by atoms with Gasteiger partial charge in [-0.3, -0.25) is 4.79 Å². The smallest absolute Gasteiger partial charge is 0.257 e. The molecule has 1 aliphatic rings. The second-order valence-corrected chi connectivity index (χ2v) is 6.04. The highest BCUT2D eigenvalue weighted by Crippen LogP contribution is 2.41. The first kappa shape index (κ1) is 14.1. The Hall–Kier alpha value is -1.30. The van der Waals surface area contributed by atoms with E-state index in [0.29, 0.717) is 16.8 Å². The molecule has 1 saturated carbocycles. The molecule has 19 heavy (non-hydrogen) atoms. The number of carbonyl (C=O) groups excluding carboxylic acids is 1. The van der Waals surface area contributed by atoms with Crippen LogP contribution in [0.3, 0.4) is 0 Å². The minimum atomic E-state index is -0.175. The number of anilines is 2. The second kappa shape index (κ2) is 5.77. The molecule has 6 heteroatoms. The standard InChI is InChI=1S/C13H22N4OS/c1-3-13(6-4-5-7-13)8-16-12-9(11(18)15-2)10(14)17-19-12/h16H,3-8H2,1-2H3,(H2,14,17)(H,15,18). The van der Waals surface area contributed by atoms with Crippen LogP contribution in [-0.4, -0.2) is 23.9 Å². The molecular weight excluding hydrogens is 260 g/mol. The molecule has 1 aliphatic carbocycles. The van der Waals surface area contributed by atoms with Crippen molar-refractivity contribution < 1.29 is 4.79 Å². The lowest BCUT2D eigenvalue weighted by atomic mass is 9.83. The van der Waals surface area contributed by atoms with Crippen LogP contribution in [0.2, 0.25) is 0 Å². The summed E-state index contributed by atoms with van der Waals surface area (Å²) in [5.74, 6) is 0.134. The predicted octanol–water partition coefficient (Wildman–Crippen LogP) is 2.47. The third-order valence-corrected chi connectivity index (χ3v) is 5.03. The lowest BCUT2D eigenvalue weighted by molar-refractivity contribution is 0.0965. The van der Waals surface area contributed by atoms with Gasteiger partial charge in [-0.25, -0.2) is 0 Å². The molecule has 0 spiro atoms. The molecule has 0 bridgehead atoms. The number of carbonyl (C=O) groups is 1. The monoisotopic (exact) mass is 282 g/mol. The van der Waals surface area contributed by atoms with Gasteiger partial charge in [0.25, 0.3) is 5.91 Å². The van der Waals surface area contributed by atoms with Crippen molar-refractivity contribution >= 4 is 28.3 Å². The molecule has 0 aromatic carbocycles. The normalized spacial score (nSPS) is 17.4. The largest absolute Gasteiger partial charge is 0.382 e. The minimum absolute atomic E-state index is 0.175. The number of nitrogen functional groups attached to an aromatic ring is 1. The molecule has 1 aromatic heterocycles. The van der Waals surface area contributed by atoms with Crippen molar-refractivity contribution in [3.05, 3.63) is 5.56 Å². The first-order valence-corrected chi connectivity index (χ1v) is 7.60. The molecule has 1 fully saturated rings. The van der Waals surface area contributed by atoms with E-state index in [1.165, 1.54) is 43.6 Å². The van der Waals surface area contributed by atoms with Crippen molar-refractivity contribution in [2.75, 3.05) is 24.6 Å². The fraction of sp³-hybridized carbons (Fsp3) is 0.692. The molecule has 4 N–H and O–H groups in total. The zero-order valence-corrected chi connectivity index (χ0v) is 12.4. The van der Waals surface area contributed by atoms with Crippen molar-refractivity contribution in [3.8, 4) is 0 Å². The molecule has 5 nitrogen and oxygen atoms in total. The van der Waals surface area contributed by atoms with Gasteiger partial charge in [0.05, 0.1) is 0 Å². The number of nitrogens with one attached hydrogen (secondary N) is 2. The zero-order chi connectivity index (χ0) is 13.9. The van der Waals surface area contributed by atoms with Crippen LogP contribution in [-0.2, 0) is 0 Å². The molecule has 0 atom stereocenters. The summed E-state index contributed by atoms with van der Waals surface area (Å²) in [5, 5.41) is 6.79. The van der Waals surface area contributed by atoms with Crippen molar-refractivity contribution in [1.82, 2.24) is 9.69 Å². The van der Waals surface area contributed by atoms with Crippen molar-refractivity contribution in [2.45, 2.75) is 39.0 Å². The Kier molecular flexibility index (Phi) is 4.29. The van der Waals surface area contributed by atoms with Crippen LogP contribution in [0.25, 0.3) is 0 Å². The first-order chi connectivity index (χ1) is 9.12. The number of amides is 1. The van der Waals surface area contributed by atoms with E-state index < -0.39 is 0 Å². The predicted molar refractivity (Wildman–Crippen MR) is 79.6 cm³/mol. The summed E-state index contributed by atoms with van der Waals surface area (Å²) in [6.45, 7) is 3.14. The molecule has 2 rings (SSSR count). The van der Waals surface area contributed by atoms with Crippen LogP contribution >= 0.6 is 11.5 Å². The Balaban J connectivity index is 2.09. The van der Waals surface area contributed by atoms with Crippen LogP contribution in [0.15, 0.2) is 0 Å². The van der Waals surface area contributed by atoms with E-state index in [1.807, 2.05) is 0 Å². The second-order valence-electron chi connectivity index (χ2n) is 5.27. The van der Waals surface area contributed by atoms with Gasteiger partial charge < -0.3 is 16.4 Å². The van der Waals surface area contributed by atoms with Gasteiger partial charge in [0.2, 0.25) is 0 Å². The van der Waals surface area contributed by atoms with E-state index in [2.05, 4.69) is 21.9 Å². The summed E-state index contributed by atoms with van der Waals surface area (Å²) in [7, 11) is 1.60. The number of nitrogens with zero attached hydrogens (tertiary/aromatic N) is 1. The van der Waals surface area contributed by atoms with Crippen molar-refractivity contribution in [3.63, 3.8) is 0 Å². The van der Waals surface area contributed by atoms with E-state index in [0.717, 1.165) is 11.5 Å². The summed E-state index contributed by atoms with van der Waals surface area (Å²) in [5.41, 5.74) is 6.62. The molecule has 0 saturated heterocycles. The third-order valence-electron chi connectivity index (χ3n) is 4.21. The average Bonchev–Trinajstić information content (AvgIpc) is 3.03. The Morgan fingerprint density at radius 1 is 1.47 bits per heavy atom. The van der Waals surface area contributed by atoms with Gasteiger partial charge in [-0.2, -0.15) is 4.37 Å². The van der Waals surface area contributed by atoms with Crippen LogP contribution in [0, 0.1) is 5.41 Å². The van der Waals surface area contributed by atoms with Crippen molar-refractivity contribution in [1.29, 1.82) is 0 Å². The van der Waals surface area contributed by atoms with Gasteiger partial charge in [-0.15, -0.1) is 0 Å². The Labute approximate surface area is 118 Å². The Bertz CT molecular complexity index is 451. The number of hydrogen-bond donors (Lipinski definition) is 3. The van der Waals surface area contributed by atoms with E-state index in [-0.39, 0.29) is 5.91 Å². The number of hydrogen-bond acceptors (Lipinski definition) is 5. The van der Waals surface area contributed by atoms with Gasteiger partial charge in [-0.1, -0.05) is 19.8 Å². The fourth-order valence-electron chi connectivity index (χ4n) is 2.82. The molecule has 0 unspecified atom stereocenters. The number of nitrogens with two attached hydrogens (primary N) is 1. The average molecular weight is 282 g/mol. The van der Waals surface area contributed by atoms with Crippen LogP contribution in [0.4, 0.5) is 10.8 Å². The summed E-state index contributed by atoms with van der Waals surface area (Å²) in [4.78, 5) is 11.8. The first-order valence-electron chi connectivity index (χ1n) is 6.83. The maximum atomic E-state index is 11.8. The maximum absolute atomic E-state index is 11.8. The highest BCUT2D eigenvalue weighted by atomic mass is 32.1. The van der Waals surface area contributed by atoms with Crippen LogP contribution in [0.1, 0.15) is 49.4 Å². The molecule has 106 valence electrons. The molecular formula is C13H22N4OS. The van der Waals surface area contributed by atoms with Crippen LogP contribution in [0.5, 0.6) is 0 Å². The van der Waals surface area contributed by atoms with Gasteiger partial charge in [0, 0.05) is 13.6 Å². The van der Waals surface area contributed by atoms with Gasteiger partial charge in [0.1, 0.15) is 10.6 Å². The van der Waals surface area contributed by atoms with E-state index in [4.69, 9.17) is 5.73 Å². The third kappa shape index (κ3) is 2.83. The molecule has 1 heterocycles. The highest BCUT2D eigenvalue weighted by Gasteiger charge is 2.32. The van der Waals surface area contributed by atoms with E-state index in [1.54, 1.807) is 7.05 Å². The summed E-state index contributed by atoms with van der Waals surface area (Å²) >= 11 is 1.27. The van der Waals surface area contributed by atoms with Crippen LogP contribution < -0.4 is 16.4 Å². The van der Waals surface area contributed by atoms with E-state index >= 15 is 0 Å². The topological polar surface area (TPSA) is 80.0 Å². The molecule has 1 amide bonds. The Morgan fingerprint density at radius 2 is 2.16 bits per heavy atom. The van der Waals surface area contributed by atoms with Gasteiger partial charge in [-0.05, 0) is 36.2 Å². The summed E-state index contributed by atoms with van der Waals surface area (Å²) in [6.07, 6.45) is 6.31. The van der Waals surface area contributed by atoms with Crippen molar-refractivity contribution in [2.24, 2.45) is 5.41 Å². The highest BCUT2D eigenvalue weighted by molar-refractivity contribution is 7.11. The molecule has 0 aliphatic heterocycles. The lowest BCUT2D eigenvalue weighted by Gasteiger charge is -2.27. The van der Waals surface area contributed by atoms with Gasteiger partial charge >= 0.3 is 0 Å². The summed E-state index contributed by atoms with van der Waals surface area (Å²) in [6, 6.07) is 0.